The standard InChI is InChI=1S/C29H63NP/c1-6-9-12-15-18-21-26-31(29-24-25-30(4)5,27-22-19-16-13-10-7-2)28-23-20-17-14-11-8-3/h6-29H2,1-5H3/q+1. The Kier molecular flexibility index (Phi) is 23.8. The fourth-order valence-corrected chi connectivity index (χ4v) is 9.91. The van der Waals surface area contributed by atoms with Gasteiger partial charge in [-0.05, 0) is 59.0 Å². The van der Waals surface area contributed by atoms with E-state index in [9.17, 15) is 0 Å². The summed E-state index contributed by atoms with van der Waals surface area (Å²) >= 11 is 0. The highest BCUT2D eigenvalue weighted by Gasteiger charge is 2.35. The van der Waals surface area contributed by atoms with Gasteiger partial charge in [0.1, 0.15) is 0 Å². The minimum absolute atomic E-state index is 0.746. The normalized spacial score (nSPS) is 12.2. The molecule has 0 radical (unpaired) electrons. The average molecular weight is 457 g/mol. The van der Waals surface area contributed by atoms with Crippen molar-refractivity contribution in [3.8, 4) is 0 Å². The molecular formula is C29H63NP+. The van der Waals surface area contributed by atoms with Crippen LogP contribution in [-0.4, -0.2) is 50.2 Å². The molecule has 0 aliphatic rings. The Bertz CT molecular complexity index is 301. The van der Waals surface area contributed by atoms with Gasteiger partial charge in [0, 0.05) is 13.8 Å². The third-order valence-corrected chi connectivity index (χ3v) is 12.3. The molecule has 0 bridgehead atoms. The Morgan fingerprint density at radius 1 is 0.387 bits per heavy atom. The van der Waals surface area contributed by atoms with E-state index in [1.54, 1.807) is 24.6 Å². The molecule has 0 aliphatic heterocycles. The Balaban J connectivity index is 4.72. The molecular weight excluding hydrogens is 393 g/mol. The van der Waals surface area contributed by atoms with E-state index < -0.39 is 7.26 Å². The molecule has 0 N–H and O–H groups in total. The quantitative estimate of drug-likeness (QED) is 0.0975. The van der Waals surface area contributed by atoms with Crippen LogP contribution < -0.4 is 0 Å². The number of hydrogen-bond donors (Lipinski definition) is 0. The molecule has 0 saturated carbocycles. The van der Waals surface area contributed by atoms with Crippen LogP contribution in [0.15, 0.2) is 0 Å². The summed E-state index contributed by atoms with van der Waals surface area (Å²) in [5, 5.41) is 0. The average Bonchev–Trinajstić information content (AvgIpc) is 2.75. The van der Waals surface area contributed by atoms with Gasteiger partial charge in [-0.2, -0.15) is 0 Å². The first-order valence-electron chi connectivity index (χ1n) is 14.6. The predicted molar refractivity (Wildman–Crippen MR) is 150 cm³/mol. The maximum absolute atomic E-state index is 2.41. The Morgan fingerprint density at radius 3 is 1.00 bits per heavy atom. The zero-order valence-corrected chi connectivity index (χ0v) is 23.8. The van der Waals surface area contributed by atoms with E-state index in [4.69, 9.17) is 0 Å². The molecule has 0 aromatic heterocycles. The lowest BCUT2D eigenvalue weighted by Gasteiger charge is -2.29. The molecule has 0 heterocycles. The van der Waals surface area contributed by atoms with Crippen LogP contribution in [-0.2, 0) is 0 Å². The fourth-order valence-electron chi connectivity index (χ4n) is 5.08. The summed E-state index contributed by atoms with van der Waals surface area (Å²) in [5.74, 6) is 0. The first-order chi connectivity index (χ1) is 15.1. The van der Waals surface area contributed by atoms with Gasteiger partial charge in [0.15, 0.2) is 0 Å². The van der Waals surface area contributed by atoms with Crippen LogP contribution in [0.25, 0.3) is 0 Å². The smallest absolute Gasteiger partial charge is 0.0606 e. The van der Waals surface area contributed by atoms with Crippen molar-refractivity contribution in [2.45, 2.75) is 143 Å². The summed E-state index contributed by atoms with van der Waals surface area (Å²) in [6.45, 7) is 8.30. The highest BCUT2D eigenvalue weighted by molar-refractivity contribution is 7.75. The summed E-state index contributed by atoms with van der Waals surface area (Å²) in [6, 6.07) is 0. The molecule has 1 nitrogen and oxygen atoms in total. The van der Waals surface area contributed by atoms with Crippen LogP contribution in [0.5, 0.6) is 0 Å². The lowest BCUT2D eigenvalue weighted by molar-refractivity contribution is 0.409. The van der Waals surface area contributed by atoms with Gasteiger partial charge in [0.05, 0.1) is 24.6 Å². The summed E-state index contributed by atoms with van der Waals surface area (Å²) in [6.07, 6.45) is 34.3. The van der Waals surface area contributed by atoms with Gasteiger partial charge in [-0.1, -0.05) is 97.8 Å². The first-order valence-corrected chi connectivity index (χ1v) is 17.1. The summed E-state index contributed by atoms with van der Waals surface area (Å²) in [7, 11) is 3.77. The monoisotopic (exact) mass is 456 g/mol. The molecule has 0 aliphatic carbocycles. The van der Waals surface area contributed by atoms with Crippen LogP contribution >= 0.6 is 7.26 Å². The van der Waals surface area contributed by atoms with Crippen molar-refractivity contribution < 1.29 is 0 Å². The van der Waals surface area contributed by atoms with Gasteiger partial charge in [0.25, 0.3) is 0 Å². The summed E-state index contributed by atoms with van der Waals surface area (Å²) < 4.78 is 0. The van der Waals surface area contributed by atoms with E-state index in [2.05, 4.69) is 39.8 Å². The second kappa shape index (κ2) is 23.5. The molecule has 0 rings (SSSR count). The number of rotatable bonds is 25. The zero-order valence-electron chi connectivity index (χ0n) is 22.9. The van der Waals surface area contributed by atoms with Crippen LogP contribution in [0.2, 0.25) is 0 Å². The third kappa shape index (κ3) is 20.7. The summed E-state index contributed by atoms with van der Waals surface area (Å²) in [5.41, 5.74) is 0. The van der Waals surface area contributed by atoms with Gasteiger partial charge in [-0.15, -0.1) is 0 Å². The Labute approximate surface area is 200 Å². The van der Waals surface area contributed by atoms with Crippen molar-refractivity contribution in [2.24, 2.45) is 0 Å². The van der Waals surface area contributed by atoms with E-state index in [0.717, 1.165) is 0 Å². The molecule has 0 aromatic carbocycles. The molecule has 31 heavy (non-hydrogen) atoms. The highest BCUT2D eigenvalue weighted by Crippen LogP contribution is 2.61. The van der Waals surface area contributed by atoms with E-state index >= 15 is 0 Å². The molecule has 188 valence electrons. The molecule has 0 fully saturated rings. The Morgan fingerprint density at radius 2 is 0.677 bits per heavy atom. The molecule has 2 heteroatoms. The molecule has 0 amide bonds. The van der Waals surface area contributed by atoms with Gasteiger partial charge < -0.3 is 4.90 Å². The molecule has 0 aromatic rings. The van der Waals surface area contributed by atoms with Crippen molar-refractivity contribution in [2.75, 3.05) is 45.3 Å². The third-order valence-electron chi connectivity index (χ3n) is 7.20. The second-order valence-electron chi connectivity index (χ2n) is 10.7. The van der Waals surface area contributed by atoms with Gasteiger partial charge in [-0.3, -0.25) is 0 Å². The lowest BCUT2D eigenvalue weighted by Crippen LogP contribution is -2.18. The van der Waals surface area contributed by atoms with Gasteiger partial charge in [0.2, 0.25) is 0 Å². The second-order valence-corrected chi connectivity index (χ2v) is 15.2. The molecule has 0 spiro atoms. The topological polar surface area (TPSA) is 3.24 Å². The fraction of sp³-hybridized carbons (Fsp3) is 1.00. The zero-order chi connectivity index (χ0) is 23.0. The molecule has 0 atom stereocenters. The van der Waals surface area contributed by atoms with Crippen molar-refractivity contribution >= 4 is 7.26 Å². The summed E-state index contributed by atoms with van der Waals surface area (Å²) in [4.78, 5) is 2.41. The first kappa shape index (κ1) is 31.4. The largest absolute Gasteiger partial charge is 0.309 e. The maximum atomic E-state index is 2.41. The van der Waals surface area contributed by atoms with Crippen LogP contribution in [0.3, 0.4) is 0 Å². The van der Waals surface area contributed by atoms with E-state index in [-0.39, 0.29) is 0 Å². The van der Waals surface area contributed by atoms with Crippen LogP contribution in [0, 0.1) is 0 Å². The van der Waals surface area contributed by atoms with Crippen molar-refractivity contribution in [1.29, 1.82) is 0 Å². The van der Waals surface area contributed by atoms with Gasteiger partial charge >= 0.3 is 0 Å². The van der Waals surface area contributed by atoms with Crippen LogP contribution in [0.4, 0.5) is 0 Å². The number of unbranched alkanes of at least 4 members (excludes halogenated alkanes) is 15. The number of hydrogen-bond acceptors (Lipinski definition) is 1. The lowest BCUT2D eigenvalue weighted by atomic mass is 10.1. The van der Waals surface area contributed by atoms with E-state index in [1.165, 1.54) is 129 Å². The minimum atomic E-state index is -0.746. The Hall–Kier alpha value is 0.390. The van der Waals surface area contributed by atoms with E-state index in [0.29, 0.717) is 0 Å². The minimum Gasteiger partial charge on any atom is -0.309 e. The molecule has 0 unspecified atom stereocenters. The van der Waals surface area contributed by atoms with Crippen molar-refractivity contribution in [3.05, 3.63) is 0 Å². The molecule has 0 saturated heterocycles. The SMILES string of the molecule is CCCCCCCC[P+](CCCCCCCC)(CCCCCCCC)CCCN(C)C. The van der Waals surface area contributed by atoms with Gasteiger partial charge in [-0.25, -0.2) is 0 Å². The van der Waals surface area contributed by atoms with Crippen molar-refractivity contribution in [1.82, 2.24) is 4.90 Å². The maximum Gasteiger partial charge on any atom is 0.0606 e. The predicted octanol–water partition coefficient (Wildman–Crippen LogP) is 10.0. The van der Waals surface area contributed by atoms with E-state index in [1.807, 2.05) is 0 Å². The number of nitrogens with zero attached hydrogens (tertiary/aromatic N) is 1. The highest BCUT2D eigenvalue weighted by atomic mass is 31.2. The van der Waals surface area contributed by atoms with Crippen LogP contribution in [0.1, 0.15) is 143 Å². The van der Waals surface area contributed by atoms with Crippen molar-refractivity contribution in [3.63, 3.8) is 0 Å².